The molecule has 10 heteroatoms. The highest BCUT2D eigenvalue weighted by Gasteiger charge is 2.31. The van der Waals surface area contributed by atoms with E-state index >= 15 is 0 Å². The molecule has 0 aliphatic heterocycles. The number of nitrogens with one attached hydrogen (secondary N) is 1. The van der Waals surface area contributed by atoms with Gasteiger partial charge in [-0.3, -0.25) is 4.79 Å². The largest absolute Gasteiger partial charge is 0.489 e. The summed E-state index contributed by atoms with van der Waals surface area (Å²) in [5.41, 5.74) is -0.473. The number of thiazole rings is 1. The predicted octanol–water partition coefficient (Wildman–Crippen LogP) is 4.94. The van der Waals surface area contributed by atoms with E-state index < -0.39 is 17.6 Å². The highest BCUT2D eigenvalue weighted by atomic mass is 32.1. The molecule has 160 valence electrons. The Hall–Kier alpha value is -2.85. The smallest absolute Gasteiger partial charge is 0.416 e. The summed E-state index contributed by atoms with van der Waals surface area (Å²) in [4.78, 5) is 16.8. The molecule has 0 unspecified atom stereocenters. The number of benzene rings is 1. The molecule has 2 heterocycles. The highest BCUT2D eigenvalue weighted by molar-refractivity contribution is 7.13. The van der Waals surface area contributed by atoms with Crippen molar-refractivity contribution < 1.29 is 31.9 Å². The molecule has 0 saturated carbocycles. The van der Waals surface area contributed by atoms with Gasteiger partial charge in [0.2, 0.25) is 5.91 Å². The number of furan rings is 1. The molecular formula is C20H19F3N2O4S. The molecule has 2 aromatic heterocycles. The Morgan fingerprint density at radius 3 is 2.70 bits per heavy atom. The minimum atomic E-state index is -4.55. The zero-order valence-corrected chi connectivity index (χ0v) is 17.0. The van der Waals surface area contributed by atoms with Crippen LogP contribution in [0, 0.1) is 6.92 Å². The van der Waals surface area contributed by atoms with E-state index in [4.69, 9.17) is 13.9 Å². The van der Waals surface area contributed by atoms with Crippen LogP contribution in [0.3, 0.4) is 0 Å². The molecule has 1 aromatic carbocycles. The minimum absolute atomic E-state index is 0.0666. The van der Waals surface area contributed by atoms with Gasteiger partial charge in [-0.25, -0.2) is 4.98 Å². The number of carbonyl (C=O) groups excluding carboxylic acids is 1. The third kappa shape index (κ3) is 5.61. The molecule has 0 spiro atoms. The lowest BCUT2D eigenvalue weighted by Crippen LogP contribution is -2.17. The van der Waals surface area contributed by atoms with E-state index in [1.807, 2.05) is 13.0 Å². The third-order valence-corrected chi connectivity index (χ3v) is 4.88. The van der Waals surface area contributed by atoms with Crippen LogP contribution in [-0.4, -0.2) is 31.2 Å². The van der Waals surface area contributed by atoms with E-state index in [1.54, 1.807) is 11.4 Å². The van der Waals surface area contributed by atoms with E-state index in [0.717, 1.165) is 17.9 Å². The highest BCUT2D eigenvalue weighted by Crippen LogP contribution is 2.35. The maximum Gasteiger partial charge on any atom is 0.416 e. The Labute approximate surface area is 174 Å². The second kappa shape index (κ2) is 9.31. The minimum Gasteiger partial charge on any atom is -0.489 e. The van der Waals surface area contributed by atoms with Gasteiger partial charge in [0.05, 0.1) is 30.0 Å². The Bertz CT molecular complexity index is 1010. The number of hydrogen-bond acceptors (Lipinski definition) is 6. The zero-order chi connectivity index (χ0) is 21.7. The molecule has 0 aliphatic carbocycles. The molecule has 0 fully saturated rings. The standard InChI is InChI=1S/C20H19F3N2O4S/c1-12-3-5-17(29-12)19-24-14(11-30-19)10-18(26)25-15-9-13(20(21,22)23)4-6-16(15)28-8-7-27-2/h3-6,9,11H,7-8,10H2,1-2H3,(H,25,26). The van der Waals surface area contributed by atoms with Crippen molar-refractivity contribution in [2.45, 2.75) is 19.5 Å². The molecule has 0 aliphatic rings. The van der Waals surface area contributed by atoms with Crippen LogP contribution in [-0.2, 0) is 22.1 Å². The van der Waals surface area contributed by atoms with Crippen molar-refractivity contribution in [2.75, 3.05) is 25.6 Å². The lowest BCUT2D eigenvalue weighted by atomic mass is 10.1. The fourth-order valence-electron chi connectivity index (χ4n) is 2.57. The number of hydrogen-bond donors (Lipinski definition) is 1. The summed E-state index contributed by atoms with van der Waals surface area (Å²) >= 11 is 1.31. The molecule has 0 radical (unpaired) electrons. The lowest BCUT2D eigenvalue weighted by Gasteiger charge is -2.15. The summed E-state index contributed by atoms with van der Waals surface area (Å²) in [5, 5.41) is 4.81. The Morgan fingerprint density at radius 2 is 2.03 bits per heavy atom. The van der Waals surface area contributed by atoms with Gasteiger partial charge in [-0.15, -0.1) is 11.3 Å². The molecule has 0 atom stereocenters. The van der Waals surface area contributed by atoms with Crippen molar-refractivity contribution in [3.63, 3.8) is 0 Å². The number of anilines is 1. The summed E-state index contributed by atoms with van der Waals surface area (Å²) in [5.74, 6) is 0.942. The van der Waals surface area contributed by atoms with Gasteiger partial charge in [-0.2, -0.15) is 13.2 Å². The first-order chi connectivity index (χ1) is 14.3. The Balaban J connectivity index is 1.73. The zero-order valence-electron chi connectivity index (χ0n) is 16.2. The quantitative estimate of drug-likeness (QED) is 0.503. The van der Waals surface area contributed by atoms with E-state index in [2.05, 4.69) is 10.3 Å². The van der Waals surface area contributed by atoms with E-state index in [-0.39, 0.29) is 31.1 Å². The average molecular weight is 440 g/mol. The number of nitrogens with zero attached hydrogens (tertiary/aromatic N) is 1. The SMILES string of the molecule is COCCOc1ccc(C(F)(F)F)cc1NC(=O)Cc1csc(-c2ccc(C)o2)n1. The molecule has 0 saturated heterocycles. The van der Waals surface area contributed by atoms with Crippen molar-refractivity contribution in [3.8, 4) is 16.5 Å². The van der Waals surface area contributed by atoms with Crippen molar-refractivity contribution in [3.05, 3.63) is 52.7 Å². The number of amides is 1. The van der Waals surface area contributed by atoms with Crippen LogP contribution in [0.5, 0.6) is 5.75 Å². The predicted molar refractivity (Wildman–Crippen MR) is 106 cm³/mol. The van der Waals surface area contributed by atoms with Gasteiger partial charge < -0.3 is 19.2 Å². The second-order valence-electron chi connectivity index (χ2n) is 6.33. The Kier molecular flexibility index (Phi) is 6.78. The third-order valence-electron chi connectivity index (χ3n) is 3.97. The molecule has 30 heavy (non-hydrogen) atoms. The number of halogens is 3. The lowest BCUT2D eigenvalue weighted by molar-refractivity contribution is -0.137. The molecule has 6 nitrogen and oxygen atoms in total. The second-order valence-corrected chi connectivity index (χ2v) is 7.19. The van der Waals surface area contributed by atoms with E-state index in [1.165, 1.54) is 24.5 Å². The Morgan fingerprint density at radius 1 is 1.23 bits per heavy atom. The first-order valence-electron chi connectivity index (χ1n) is 8.90. The molecular weight excluding hydrogens is 421 g/mol. The first-order valence-corrected chi connectivity index (χ1v) is 9.78. The van der Waals surface area contributed by atoms with Gasteiger partial charge in [0, 0.05) is 12.5 Å². The van der Waals surface area contributed by atoms with Crippen LogP contribution in [0.4, 0.5) is 18.9 Å². The van der Waals surface area contributed by atoms with Gasteiger partial charge in [0.1, 0.15) is 18.1 Å². The summed E-state index contributed by atoms with van der Waals surface area (Å²) in [6.45, 7) is 2.19. The van der Waals surface area contributed by atoms with Gasteiger partial charge in [0.15, 0.2) is 10.8 Å². The maximum absolute atomic E-state index is 13.1. The van der Waals surface area contributed by atoms with Gasteiger partial charge in [-0.05, 0) is 37.3 Å². The topological polar surface area (TPSA) is 73.6 Å². The number of aromatic nitrogens is 1. The van der Waals surface area contributed by atoms with Crippen molar-refractivity contribution in [2.24, 2.45) is 0 Å². The van der Waals surface area contributed by atoms with Crippen LogP contribution in [0.2, 0.25) is 0 Å². The number of rotatable bonds is 8. The average Bonchev–Trinajstić information content (AvgIpc) is 3.31. The number of aryl methyl sites for hydroxylation is 1. The fourth-order valence-corrected chi connectivity index (χ4v) is 3.35. The summed E-state index contributed by atoms with van der Waals surface area (Å²) in [7, 11) is 1.48. The maximum atomic E-state index is 13.1. The normalized spacial score (nSPS) is 11.5. The van der Waals surface area contributed by atoms with Crippen LogP contribution in [0.25, 0.3) is 10.8 Å². The van der Waals surface area contributed by atoms with Crippen LogP contribution >= 0.6 is 11.3 Å². The number of methoxy groups -OCH3 is 1. The van der Waals surface area contributed by atoms with E-state index in [0.29, 0.717) is 16.5 Å². The first kappa shape index (κ1) is 21.8. The number of ether oxygens (including phenoxy) is 2. The molecule has 3 rings (SSSR count). The van der Waals surface area contributed by atoms with E-state index in [9.17, 15) is 18.0 Å². The van der Waals surface area contributed by atoms with Crippen molar-refractivity contribution in [1.29, 1.82) is 0 Å². The monoisotopic (exact) mass is 440 g/mol. The summed E-state index contributed by atoms with van der Waals surface area (Å²) < 4.78 is 55.0. The van der Waals surface area contributed by atoms with Crippen molar-refractivity contribution >= 4 is 22.9 Å². The fraction of sp³-hybridized carbons (Fsp3) is 0.300. The molecule has 3 aromatic rings. The number of carbonyl (C=O) groups is 1. The van der Waals surface area contributed by atoms with Gasteiger partial charge >= 0.3 is 6.18 Å². The van der Waals surface area contributed by atoms with Crippen molar-refractivity contribution in [1.82, 2.24) is 4.98 Å². The molecule has 1 amide bonds. The van der Waals surface area contributed by atoms with Gasteiger partial charge in [-0.1, -0.05) is 0 Å². The van der Waals surface area contributed by atoms with Crippen LogP contribution < -0.4 is 10.1 Å². The van der Waals surface area contributed by atoms with Crippen LogP contribution in [0.1, 0.15) is 17.0 Å². The summed E-state index contributed by atoms with van der Waals surface area (Å²) in [6, 6.07) is 6.51. The molecule has 1 N–H and O–H groups in total. The number of alkyl halides is 3. The summed E-state index contributed by atoms with van der Waals surface area (Å²) in [6.07, 6.45) is -4.65. The van der Waals surface area contributed by atoms with Crippen LogP contribution in [0.15, 0.2) is 40.1 Å². The van der Waals surface area contributed by atoms with Gasteiger partial charge in [0.25, 0.3) is 0 Å². The molecule has 0 bridgehead atoms.